The molecule has 0 saturated heterocycles. The van der Waals surface area contributed by atoms with Gasteiger partial charge in [-0.25, -0.2) is 8.78 Å². The van der Waals surface area contributed by atoms with E-state index in [-0.39, 0.29) is 11.6 Å². The summed E-state index contributed by atoms with van der Waals surface area (Å²) in [4.78, 5) is 0. The van der Waals surface area contributed by atoms with Gasteiger partial charge in [0.1, 0.15) is 11.6 Å². The molecule has 1 atom stereocenters. The second-order valence-corrected chi connectivity index (χ2v) is 5.13. The van der Waals surface area contributed by atoms with Crippen molar-refractivity contribution < 1.29 is 8.78 Å². The molecule has 1 N–H and O–H groups in total. The van der Waals surface area contributed by atoms with E-state index in [1.807, 2.05) is 6.92 Å². The van der Waals surface area contributed by atoms with E-state index in [1.165, 1.54) is 43.9 Å². The number of rotatable bonds is 5. The summed E-state index contributed by atoms with van der Waals surface area (Å²) in [6, 6.07) is 3.92. The number of benzene rings is 1. The first-order valence-corrected chi connectivity index (χ1v) is 6.89. The van der Waals surface area contributed by atoms with Crippen LogP contribution in [0.25, 0.3) is 0 Å². The Bertz CT molecular complexity index is 366. The highest BCUT2D eigenvalue weighted by molar-refractivity contribution is 5.23. The average molecular weight is 253 g/mol. The molecule has 1 aliphatic rings. The first-order valence-electron chi connectivity index (χ1n) is 6.89. The van der Waals surface area contributed by atoms with Gasteiger partial charge in [-0.15, -0.1) is 0 Å². The van der Waals surface area contributed by atoms with E-state index in [9.17, 15) is 8.78 Å². The smallest absolute Gasteiger partial charge is 0.130 e. The molecule has 1 unspecified atom stereocenters. The molecule has 1 fully saturated rings. The Morgan fingerprint density at radius 3 is 2.39 bits per heavy atom. The number of hydrogen-bond acceptors (Lipinski definition) is 1. The Kier molecular flexibility index (Phi) is 4.70. The Labute approximate surface area is 108 Å². The van der Waals surface area contributed by atoms with Crippen molar-refractivity contribution in [3.05, 3.63) is 35.4 Å². The summed E-state index contributed by atoms with van der Waals surface area (Å²) in [6.07, 6.45) is 5.73. The van der Waals surface area contributed by atoms with Crippen molar-refractivity contribution in [3.63, 3.8) is 0 Å². The van der Waals surface area contributed by atoms with Crippen LogP contribution in [0.4, 0.5) is 8.78 Å². The van der Waals surface area contributed by atoms with Gasteiger partial charge in [0, 0.05) is 11.6 Å². The molecule has 1 aromatic carbocycles. The Hall–Kier alpha value is -0.960. The van der Waals surface area contributed by atoms with E-state index in [0.717, 1.165) is 13.0 Å². The minimum atomic E-state index is -0.432. The number of halogens is 2. The summed E-state index contributed by atoms with van der Waals surface area (Å²) in [5.41, 5.74) is 0.214. The highest BCUT2D eigenvalue weighted by Gasteiger charge is 2.24. The lowest BCUT2D eigenvalue weighted by Gasteiger charge is -2.22. The fraction of sp³-hybridized carbons (Fsp3) is 0.600. The van der Waals surface area contributed by atoms with E-state index >= 15 is 0 Å². The molecule has 0 amide bonds. The third-order valence-corrected chi connectivity index (χ3v) is 3.84. The molecule has 0 spiro atoms. The van der Waals surface area contributed by atoms with E-state index in [2.05, 4.69) is 5.32 Å². The summed E-state index contributed by atoms with van der Waals surface area (Å²) in [7, 11) is 0. The predicted octanol–water partition coefficient (Wildman–Crippen LogP) is 4.20. The van der Waals surface area contributed by atoms with Crippen molar-refractivity contribution >= 4 is 0 Å². The van der Waals surface area contributed by atoms with Crippen LogP contribution < -0.4 is 5.32 Å². The minimum Gasteiger partial charge on any atom is -0.310 e. The van der Waals surface area contributed by atoms with Crippen LogP contribution in [0.2, 0.25) is 0 Å². The molecule has 100 valence electrons. The van der Waals surface area contributed by atoms with Crippen molar-refractivity contribution in [1.82, 2.24) is 5.32 Å². The van der Waals surface area contributed by atoms with Crippen molar-refractivity contribution in [2.24, 2.45) is 5.92 Å². The largest absolute Gasteiger partial charge is 0.310 e. The summed E-state index contributed by atoms with van der Waals surface area (Å²) in [5.74, 6) is -0.258. The predicted molar refractivity (Wildman–Crippen MR) is 69.4 cm³/mol. The molecule has 1 nitrogen and oxygen atoms in total. The van der Waals surface area contributed by atoms with Crippen LogP contribution in [0.1, 0.15) is 50.6 Å². The van der Waals surface area contributed by atoms with Crippen molar-refractivity contribution in [1.29, 1.82) is 0 Å². The number of nitrogens with one attached hydrogen (secondary N) is 1. The Morgan fingerprint density at radius 2 is 1.83 bits per heavy atom. The zero-order valence-corrected chi connectivity index (χ0v) is 10.9. The molecule has 2 rings (SSSR count). The molecule has 1 saturated carbocycles. The molecule has 0 bridgehead atoms. The van der Waals surface area contributed by atoms with Crippen molar-refractivity contribution in [2.45, 2.75) is 45.1 Å². The quantitative estimate of drug-likeness (QED) is 0.829. The van der Waals surface area contributed by atoms with Crippen molar-refractivity contribution in [3.8, 4) is 0 Å². The van der Waals surface area contributed by atoms with Crippen LogP contribution in [0.3, 0.4) is 0 Å². The van der Waals surface area contributed by atoms with Gasteiger partial charge in [-0.1, -0.05) is 38.7 Å². The lowest BCUT2D eigenvalue weighted by molar-refractivity contribution is 0.379. The second-order valence-electron chi connectivity index (χ2n) is 5.13. The normalized spacial score (nSPS) is 18.2. The summed E-state index contributed by atoms with van der Waals surface area (Å²) in [5, 5.41) is 3.23. The van der Waals surface area contributed by atoms with Crippen molar-refractivity contribution in [2.75, 3.05) is 6.54 Å². The SMILES string of the molecule is CCNC(CC1CCCC1)c1c(F)cccc1F. The number of hydrogen-bond donors (Lipinski definition) is 1. The molecule has 1 aromatic rings. The highest BCUT2D eigenvalue weighted by atomic mass is 19.1. The monoisotopic (exact) mass is 253 g/mol. The third kappa shape index (κ3) is 3.08. The maximum atomic E-state index is 13.8. The van der Waals surface area contributed by atoms with Crippen LogP contribution in [-0.2, 0) is 0 Å². The first-order chi connectivity index (χ1) is 8.72. The molecule has 1 aliphatic carbocycles. The first kappa shape index (κ1) is 13.5. The van der Waals surface area contributed by atoms with Crippen LogP contribution >= 0.6 is 0 Å². The van der Waals surface area contributed by atoms with Gasteiger partial charge in [-0.05, 0) is 31.0 Å². The lowest BCUT2D eigenvalue weighted by atomic mass is 9.93. The molecule has 3 heteroatoms. The topological polar surface area (TPSA) is 12.0 Å². The maximum Gasteiger partial charge on any atom is 0.130 e. The van der Waals surface area contributed by atoms with Gasteiger partial charge in [-0.3, -0.25) is 0 Å². The van der Waals surface area contributed by atoms with Gasteiger partial charge in [-0.2, -0.15) is 0 Å². The van der Waals surface area contributed by atoms with Crippen LogP contribution in [0.5, 0.6) is 0 Å². The maximum absolute atomic E-state index is 13.8. The summed E-state index contributed by atoms with van der Waals surface area (Å²) >= 11 is 0. The van der Waals surface area contributed by atoms with Crippen LogP contribution in [0, 0.1) is 17.6 Å². The minimum absolute atomic E-state index is 0.195. The molecule has 0 heterocycles. The van der Waals surface area contributed by atoms with E-state index in [4.69, 9.17) is 0 Å². The van der Waals surface area contributed by atoms with Gasteiger partial charge < -0.3 is 5.32 Å². The third-order valence-electron chi connectivity index (χ3n) is 3.84. The average Bonchev–Trinajstić information content (AvgIpc) is 2.82. The lowest BCUT2D eigenvalue weighted by Crippen LogP contribution is -2.25. The Morgan fingerprint density at radius 1 is 1.22 bits per heavy atom. The van der Waals surface area contributed by atoms with Gasteiger partial charge in [0.25, 0.3) is 0 Å². The fourth-order valence-corrected chi connectivity index (χ4v) is 2.97. The molecular weight excluding hydrogens is 232 g/mol. The fourth-order valence-electron chi connectivity index (χ4n) is 2.97. The van der Waals surface area contributed by atoms with Gasteiger partial charge in [0.2, 0.25) is 0 Å². The molecule has 18 heavy (non-hydrogen) atoms. The highest BCUT2D eigenvalue weighted by Crippen LogP contribution is 2.34. The molecular formula is C15H21F2N. The Balaban J connectivity index is 2.17. The molecule has 0 radical (unpaired) electrons. The standard InChI is InChI=1S/C15H21F2N/c1-2-18-14(10-11-6-3-4-7-11)15-12(16)8-5-9-13(15)17/h5,8-9,11,14,18H,2-4,6-7,10H2,1H3. The van der Waals surface area contributed by atoms with Crippen LogP contribution in [0.15, 0.2) is 18.2 Å². The van der Waals surface area contributed by atoms with E-state index in [1.54, 1.807) is 0 Å². The zero-order chi connectivity index (χ0) is 13.0. The zero-order valence-electron chi connectivity index (χ0n) is 10.9. The van der Waals surface area contributed by atoms with E-state index < -0.39 is 11.6 Å². The van der Waals surface area contributed by atoms with Crippen LogP contribution in [-0.4, -0.2) is 6.54 Å². The second kappa shape index (κ2) is 6.28. The molecule has 0 aliphatic heterocycles. The summed E-state index contributed by atoms with van der Waals surface area (Å²) < 4.78 is 27.6. The van der Waals surface area contributed by atoms with Gasteiger partial charge >= 0.3 is 0 Å². The van der Waals surface area contributed by atoms with Gasteiger partial charge in [0.15, 0.2) is 0 Å². The van der Waals surface area contributed by atoms with Gasteiger partial charge in [0.05, 0.1) is 0 Å². The molecule has 0 aromatic heterocycles. The van der Waals surface area contributed by atoms with E-state index in [0.29, 0.717) is 5.92 Å². The summed E-state index contributed by atoms with van der Waals surface area (Å²) in [6.45, 7) is 2.70.